The fourth-order valence-electron chi connectivity index (χ4n) is 3.83. The zero-order chi connectivity index (χ0) is 20.3. The number of anilines is 1. The molecular weight excluding hydrogens is 392 g/mol. The fraction of sp³-hybridized carbons (Fsp3) is 0.476. The third-order valence-electron chi connectivity index (χ3n) is 5.29. The summed E-state index contributed by atoms with van der Waals surface area (Å²) in [6.45, 7) is 7.08. The van der Waals surface area contributed by atoms with Crippen LogP contribution >= 0.6 is 11.6 Å². The summed E-state index contributed by atoms with van der Waals surface area (Å²) >= 11 is 6.14. The minimum Gasteiger partial charge on any atom is -0.450 e. The van der Waals surface area contributed by atoms with E-state index < -0.39 is 5.60 Å². The molecule has 0 spiro atoms. The molecule has 152 valence electrons. The number of rotatable bonds is 3. The number of furan rings is 1. The third-order valence-corrected chi connectivity index (χ3v) is 5.53. The van der Waals surface area contributed by atoms with Crippen LogP contribution in [0.5, 0.6) is 0 Å². The molecule has 2 aromatic heterocycles. The van der Waals surface area contributed by atoms with Gasteiger partial charge in [-0.05, 0) is 51.8 Å². The lowest BCUT2D eigenvalue weighted by atomic mass is 10.1. The Morgan fingerprint density at radius 2 is 2.00 bits per heavy atom. The highest BCUT2D eigenvalue weighted by Gasteiger charge is 2.45. The van der Waals surface area contributed by atoms with Gasteiger partial charge in [0.15, 0.2) is 11.4 Å². The molecule has 7 nitrogen and oxygen atoms in total. The Labute approximate surface area is 173 Å². The van der Waals surface area contributed by atoms with Crippen LogP contribution in [-0.4, -0.2) is 51.7 Å². The number of amides is 1. The molecule has 1 aliphatic heterocycles. The summed E-state index contributed by atoms with van der Waals surface area (Å²) in [5.74, 6) is 0.749. The van der Waals surface area contributed by atoms with E-state index in [2.05, 4.69) is 14.9 Å². The lowest BCUT2D eigenvalue weighted by molar-refractivity contribution is 0.0109. The van der Waals surface area contributed by atoms with E-state index in [4.69, 9.17) is 20.8 Å². The predicted molar refractivity (Wildman–Crippen MR) is 111 cm³/mol. The number of benzene rings is 1. The second-order valence-electron chi connectivity index (χ2n) is 8.80. The second-order valence-corrected chi connectivity index (χ2v) is 9.23. The molecule has 0 N–H and O–H groups in total. The number of hydrogen-bond donors (Lipinski definition) is 0. The van der Waals surface area contributed by atoms with Crippen molar-refractivity contribution in [3.05, 3.63) is 29.5 Å². The molecule has 0 bridgehead atoms. The van der Waals surface area contributed by atoms with Gasteiger partial charge in [-0.3, -0.25) is 4.90 Å². The number of fused-ring (bicyclic) bond motifs is 3. The molecular formula is C21H23ClN4O3. The number of halogens is 1. The number of nitrogens with zero attached hydrogens (tertiary/aromatic N) is 4. The lowest BCUT2D eigenvalue weighted by Crippen LogP contribution is -2.62. The van der Waals surface area contributed by atoms with Crippen molar-refractivity contribution in [2.75, 3.05) is 18.0 Å². The zero-order valence-electron chi connectivity index (χ0n) is 16.7. The summed E-state index contributed by atoms with van der Waals surface area (Å²) in [4.78, 5) is 25.6. The Morgan fingerprint density at radius 1 is 1.24 bits per heavy atom. The van der Waals surface area contributed by atoms with Crippen LogP contribution in [0.15, 0.2) is 28.9 Å². The Hall–Kier alpha value is -2.54. The van der Waals surface area contributed by atoms with Crippen molar-refractivity contribution in [3.63, 3.8) is 0 Å². The molecule has 1 aromatic carbocycles. The van der Waals surface area contributed by atoms with Crippen molar-refractivity contribution in [2.24, 2.45) is 0 Å². The van der Waals surface area contributed by atoms with Gasteiger partial charge >= 0.3 is 6.09 Å². The molecule has 3 aromatic rings. The van der Waals surface area contributed by atoms with Gasteiger partial charge in [0, 0.05) is 29.5 Å². The van der Waals surface area contributed by atoms with Crippen LogP contribution in [0.1, 0.15) is 33.6 Å². The molecule has 2 aliphatic rings. The van der Waals surface area contributed by atoms with Crippen LogP contribution in [0.2, 0.25) is 5.02 Å². The van der Waals surface area contributed by atoms with Crippen LogP contribution in [0.3, 0.4) is 0 Å². The van der Waals surface area contributed by atoms with Crippen LogP contribution in [0.25, 0.3) is 22.1 Å². The highest BCUT2D eigenvalue weighted by Crippen LogP contribution is 2.38. The number of aromatic nitrogens is 2. The minimum absolute atomic E-state index is 0.112. The Kier molecular flexibility index (Phi) is 4.13. The van der Waals surface area contributed by atoms with Gasteiger partial charge in [-0.1, -0.05) is 11.6 Å². The molecule has 0 atom stereocenters. The first kappa shape index (κ1) is 18.5. The van der Waals surface area contributed by atoms with Crippen LogP contribution in [-0.2, 0) is 4.74 Å². The fourth-order valence-corrected chi connectivity index (χ4v) is 4.00. The van der Waals surface area contributed by atoms with Crippen molar-refractivity contribution in [1.82, 2.24) is 14.9 Å². The van der Waals surface area contributed by atoms with Gasteiger partial charge in [0.25, 0.3) is 0 Å². The molecule has 1 saturated heterocycles. The predicted octanol–water partition coefficient (Wildman–Crippen LogP) is 4.62. The van der Waals surface area contributed by atoms with Crippen molar-refractivity contribution >= 4 is 45.6 Å². The molecule has 1 saturated carbocycles. The summed E-state index contributed by atoms with van der Waals surface area (Å²) in [7, 11) is 0. The summed E-state index contributed by atoms with van der Waals surface area (Å²) in [5.41, 5.74) is 1.64. The van der Waals surface area contributed by atoms with E-state index in [1.807, 2.05) is 37.8 Å². The molecule has 8 heteroatoms. The van der Waals surface area contributed by atoms with Gasteiger partial charge in [-0.2, -0.15) is 0 Å². The number of carbonyl (C=O) groups excluding carboxylic acids is 1. The number of carbonyl (C=O) groups is 1. The monoisotopic (exact) mass is 414 g/mol. The summed E-state index contributed by atoms with van der Waals surface area (Å²) < 4.78 is 11.7. The number of ether oxygens (including phenoxy) is 1. The summed E-state index contributed by atoms with van der Waals surface area (Å²) in [6, 6.07) is 5.90. The highest BCUT2D eigenvalue weighted by molar-refractivity contribution is 6.31. The van der Waals surface area contributed by atoms with Gasteiger partial charge in [0.2, 0.25) is 0 Å². The quantitative estimate of drug-likeness (QED) is 0.622. The van der Waals surface area contributed by atoms with Gasteiger partial charge < -0.3 is 14.1 Å². The largest absolute Gasteiger partial charge is 0.450 e. The molecule has 0 unspecified atom stereocenters. The van der Waals surface area contributed by atoms with Gasteiger partial charge in [0.05, 0.1) is 6.04 Å². The van der Waals surface area contributed by atoms with Crippen molar-refractivity contribution < 1.29 is 13.9 Å². The lowest BCUT2D eigenvalue weighted by Gasteiger charge is -2.46. The Morgan fingerprint density at radius 3 is 2.69 bits per heavy atom. The van der Waals surface area contributed by atoms with Gasteiger partial charge in [0.1, 0.15) is 23.0 Å². The standard InChI is InChI=1S/C21H23ClN4O3/c1-21(2,3)29-20(27)26(13-5-6-13)14-9-25(10-14)19-18-17(23-11-24-19)15-8-12(22)4-7-16(15)28-18/h4,7-8,11,13-14H,5-6,9-10H2,1-3H3. The normalized spacial score (nSPS) is 17.6. The van der Waals surface area contributed by atoms with Crippen molar-refractivity contribution in [3.8, 4) is 0 Å². The van der Waals surface area contributed by atoms with E-state index in [1.54, 1.807) is 12.4 Å². The van der Waals surface area contributed by atoms with E-state index in [0.29, 0.717) is 23.7 Å². The summed E-state index contributed by atoms with van der Waals surface area (Å²) in [5, 5.41) is 1.52. The Balaban J connectivity index is 1.39. The van der Waals surface area contributed by atoms with Crippen molar-refractivity contribution in [2.45, 2.75) is 51.3 Å². The molecule has 3 heterocycles. The zero-order valence-corrected chi connectivity index (χ0v) is 17.4. The minimum atomic E-state index is -0.498. The van der Waals surface area contributed by atoms with E-state index in [9.17, 15) is 4.79 Å². The average Bonchev–Trinajstić information content (AvgIpc) is 3.36. The molecule has 0 radical (unpaired) electrons. The highest BCUT2D eigenvalue weighted by atomic mass is 35.5. The SMILES string of the molecule is CC(C)(C)OC(=O)N(C1CC1)C1CN(c2ncnc3c2oc2ccc(Cl)cc23)C1. The topological polar surface area (TPSA) is 71.7 Å². The first-order valence-electron chi connectivity index (χ1n) is 9.89. The van der Waals surface area contributed by atoms with Gasteiger partial charge in [-0.25, -0.2) is 14.8 Å². The maximum atomic E-state index is 12.7. The van der Waals surface area contributed by atoms with Gasteiger partial charge in [-0.15, -0.1) is 0 Å². The molecule has 1 aliphatic carbocycles. The molecule has 29 heavy (non-hydrogen) atoms. The van der Waals surface area contributed by atoms with E-state index in [1.165, 1.54) is 0 Å². The average molecular weight is 415 g/mol. The van der Waals surface area contributed by atoms with Crippen molar-refractivity contribution in [1.29, 1.82) is 0 Å². The van der Waals surface area contributed by atoms with Crippen LogP contribution in [0, 0.1) is 0 Å². The van der Waals surface area contributed by atoms with E-state index >= 15 is 0 Å². The third kappa shape index (κ3) is 3.37. The Bertz CT molecular complexity index is 1100. The van der Waals surface area contributed by atoms with Crippen LogP contribution in [0.4, 0.5) is 10.6 Å². The first-order valence-corrected chi connectivity index (χ1v) is 10.3. The first-order chi connectivity index (χ1) is 13.8. The van der Waals surface area contributed by atoms with E-state index in [0.717, 1.165) is 35.1 Å². The molecule has 1 amide bonds. The smallest absolute Gasteiger partial charge is 0.410 e. The number of hydrogen-bond acceptors (Lipinski definition) is 6. The second kappa shape index (κ2) is 6.49. The molecule has 5 rings (SSSR count). The maximum Gasteiger partial charge on any atom is 0.410 e. The van der Waals surface area contributed by atoms with E-state index in [-0.39, 0.29) is 18.2 Å². The van der Waals surface area contributed by atoms with Crippen LogP contribution < -0.4 is 4.90 Å². The maximum absolute atomic E-state index is 12.7. The molecule has 2 fully saturated rings. The summed E-state index contributed by atoms with van der Waals surface area (Å²) in [6.07, 6.45) is 3.40.